The Kier molecular flexibility index (Phi) is 3.60. The number of carbonyl (C=O) groups is 1. The average molecular weight is 287 g/mol. The highest BCUT2D eigenvalue weighted by molar-refractivity contribution is 6.67. The van der Waals surface area contributed by atoms with Crippen LogP contribution in [0, 0.1) is 10.1 Å². The van der Waals surface area contributed by atoms with Crippen LogP contribution < -0.4 is 10.3 Å². The van der Waals surface area contributed by atoms with Crippen LogP contribution >= 0.6 is 11.6 Å². The van der Waals surface area contributed by atoms with E-state index in [1.807, 2.05) is 0 Å². The number of pyridine rings is 1. The third-order valence-electron chi connectivity index (χ3n) is 1.59. The molecule has 0 aliphatic heterocycles. The molecule has 18 heavy (non-hydrogen) atoms. The molecule has 0 radical (unpaired) electrons. The van der Waals surface area contributed by atoms with Gasteiger partial charge in [-0.15, -0.1) is 13.2 Å². The lowest BCUT2D eigenvalue weighted by molar-refractivity contribution is -0.388. The molecule has 0 aliphatic carbocycles. The van der Waals surface area contributed by atoms with Crippen LogP contribution in [-0.2, 0) is 0 Å². The van der Waals surface area contributed by atoms with Crippen molar-refractivity contribution >= 4 is 22.5 Å². The van der Waals surface area contributed by atoms with Crippen molar-refractivity contribution in [3.63, 3.8) is 0 Å². The fourth-order valence-corrected chi connectivity index (χ4v) is 1.16. The number of ether oxygens (including phenoxy) is 1. The smallest absolute Gasteiger partial charge is 0.396 e. The molecule has 0 spiro atoms. The highest BCUT2D eigenvalue weighted by Gasteiger charge is 2.37. The van der Waals surface area contributed by atoms with E-state index in [2.05, 4.69) is 4.74 Å². The zero-order valence-corrected chi connectivity index (χ0v) is 8.83. The molecule has 7 nitrogen and oxygen atoms in total. The number of nitrogens with one attached hydrogen (secondary N) is 1. The first-order valence-electron chi connectivity index (χ1n) is 3.99. The van der Waals surface area contributed by atoms with E-state index in [1.54, 1.807) is 4.98 Å². The lowest BCUT2D eigenvalue weighted by Crippen LogP contribution is -2.22. The van der Waals surface area contributed by atoms with Crippen LogP contribution in [-0.4, -0.2) is 21.5 Å². The van der Waals surface area contributed by atoms with Gasteiger partial charge in [0.15, 0.2) is 5.69 Å². The molecule has 1 N–H and O–H groups in total. The Morgan fingerprint density at radius 2 is 2.06 bits per heavy atom. The van der Waals surface area contributed by atoms with Gasteiger partial charge in [-0.3, -0.25) is 19.7 Å². The molecule has 1 rings (SSSR count). The number of hydrogen-bond donors (Lipinski definition) is 1. The molecule has 1 aromatic heterocycles. The summed E-state index contributed by atoms with van der Waals surface area (Å²) in [5, 5.41) is 8.95. The third-order valence-corrected chi connectivity index (χ3v) is 1.78. The van der Waals surface area contributed by atoms with Gasteiger partial charge < -0.3 is 9.72 Å². The van der Waals surface area contributed by atoms with E-state index < -0.39 is 39.2 Å². The van der Waals surface area contributed by atoms with Crippen LogP contribution in [0.2, 0.25) is 0 Å². The maximum atomic E-state index is 12.0. The molecular weight excluding hydrogens is 285 g/mol. The van der Waals surface area contributed by atoms with E-state index in [9.17, 15) is 32.9 Å². The Balaban J connectivity index is 3.56. The van der Waals surface area contributed by atoms with Crippen LogP contribution in [0.1, 0.15) is 10.5 Å². The zero-order valence-electron chi connectivity index (χ0n) is 8.08. The molecule has 11 heteroatoms. The number of aromatic nitrogens is 1. The van der Waals surface area contributed by atoms with Crippen molar-refractivity contribution in [2.24, 2.45) is 0 Å². The summed E-state index contributed by atoms with van der Waals surface area (Å²) >= 11 is 4.91. The van der Waals surface area contributed by atoms with Crippen molar-refractivity contribution in [2.75, 3.05) is 0 Å². The SMILES string of the molecule is O=C(Cl)c1[nH]c(=O)cc([N+](=O)[O-])c1OC(F)(F)F. The van der Waals surface area contributed by atoms with E-state index in [0.717, 1.165) is 0 Å². The van der Waals surface area contributed by atoms with Crippen molar-refractivity contribution in [3.05, 3.63) is 32.2 Å². The number of H-pyrrole nitrogens is 1. The second-order valence-corrected chi connectivity index (χ2v) is 3.14. The summed E-state index contributed by atoms with van der Waals surface area (Å²) in [6.45, 7) is 0. The van der Waals surface area contributed by atoms with Crippen molar-refractivity contribution in [2.45, 2.75) is 6.36 Å². The van der Waals surface area contributed by atoms with Crippen molar-refractivity contribution in [1.29, 1.82) is 0 Å². The van der Waals surface area contributed by atoms with Crippen molar-refractivity contribution in [1.82, 2.24) is 4.98 Å². The molecule has 1 aromatic rings. The van der Waals surface area contributed by atoms with Gasteiger partial charge in [-0.05, 0) is 11.6 Å². The van der Waals surface area contributed by atoms with E-state index in [0.29, 0.717) is 0 Å². The highest BCUT2D eigenvalue weighted by atomic mass is 35.5. The molecule has 0 fully saturated rings. The van der Waals surface area contributed by atoms with E-state index in [-0.39, 0.29) is 6.07 Å². The second kappa shape index (κ2) is 4.64. The predicted octanol–water partition coefficient (Wildman–Crippen LogP) is 1.56. The molecule has 0 saturated carbocycles. The quantitative estimate of drug-likeness (QED) is 0.516. The normalized spacial score (nSPS) is 11.1. The monoisotopic (exact) mass is 286 g/mol. The van der Waals surface area contributed by atoms with Gasteiger partial charge in [0, 0.05) is 0 Å². The number of halogens is 4. The molecule has 0 aromatic carbocycles. The topological polar surface area (TPSA) is 102 Å². The van der Waals surface area contributed by atoms with Crippen molar-refractivity contribution in [3.8, 4) is 5.75 Å². The van der Waals surface area contributed by atoms with Crippen LogP contribution in [0.5, 0.6) is 5.75 Å². The minimum absolute atomic E-state index is 0.240. The molecule has 0 aliphatic rings. The van der Waals surface area contributed by atoms with Crippen molar-refractivity contribution < 1.29 is 27.6 Å². The van der Waals surface area contributed by atoms with Crippen LogP contribution in [0.15, 0.2) is 10.9 Å². The molecular formula is C7H2ClF3N2O5. The molecule has 0 bridgehead atoms. The average Bonchev–Trinajstić information content (AvgIpc) is 2.17. The third kappa shape index (κ3) is 3.20. The summed E-state index contributed by atoms with van der Waals surface area (Å²) in [7, 11) is 0. The summed E-state index contributed by atoms with van der Waals surface area (Å²) in [6, 6.07) is 0.240. The predicted molar refractivity (Wildman–Crippen MR) is 50.6 cm³/mol. The first-order valence-corrected chi connectivity index (χ1v) is 4.37. The van der Waals surface area contributed by atoms with E-state index in [4.69, 9.17) is 11.6 Å². The molecule has 98 valence electrons. The fraction of sp³-hybridized carbons (Fsp3) is 0.143. The maximum absolute atomic E-state index is 12.0. The van der Waals surface area contributed by atoms with Gasteiger partial charge in [0.2, 0.25) is 5.75 Å². The number of aromatic amines is 1. The summed E-state index contributed by atoms with van der Waals surface area (Å²) in [5.41, 5.74) is -3.63. The first-order chi connectivity index (χ1) is 8.11. The number of rotatable bonds is 3. The van der Waals surface area contributed by atoms with Gasteiger partial charge >= 0.3 is 12.0 Å². The van der Waals surface area contributed by atoms with Gasteiger partial charge in [0.25, 0.3) is 10.8 Å². The van der Waals surface area contributed by atoms with Gasteiger partial charge in [-0.1, -0.05) is 0 Å². The lowest BCUT2D eigenvalue weighted by atomic mass is 10.3. The summed E-state index contributed by atoms with van der Waals surface area (Å²) in [4.78, 5) is 32.5. The van der Waals surface area contributed by atoms with Gasteiger partial charge in [-0.2, -0.15) is 0 Å². The zero-order chi connectivity index (χ0) is 14.1. The van der Waals surface area contributed by atoms with Gasteiger partial charge in [0.05, 0.1) is 11.0 Å². The number of nitro groups is 1. The van der Waals surface area contributed by atoms with E-state index in [1.165, 1.54) is 0 Å². The fourth-order valence-electron chi connectivity index (χ4n) is 1.03. The Hall–Kier alpha value is -2.10. The number of carbonyl (C=O) groups excluding carboxylic acids is 1. The number of alkyl halides is 3. The highest BCUT2D eigenvalue weighted by Crippen LogP contribution is 2.33. The second-order valence-electron chi connectivity index (χ2n) is 2.80. The number of nitrogens with zero attached hydrogens (tertiary/aromatic N) is 1. The Bertz CT molecular complexity index is 529. The van der Waals surface area contributed by atoms with Gasteiger partial charge in [-0.25, -0.2) is 0 Å². The molecule has 0 saturated heterocycles. The summed E-state index contributed by atoms with van der Waals surface area (Å²) < 4.78 is 39.4. The molecule has 0 unspecified atom stereocenters. The minimum atomic E-state index is -5.29. The largest absolute Gasteiger partial charge is 0.573 e. The van der Waals surface area contributed by atoms with Crippen LogP contribution in [0.25, 0.3) is 0 Å². The van der Waals surface area contributed by atoms with Gasteiger partial charge in [0.1, 0.15) is 0 Å². The standard InChI is InChI=1S/C7H2ClF3N2O5/c8-6(15)4-5(18-7(9,10)11)2(13(16)17)1-3(14)12-4/h1H,(H,12,14). The summed E-state index contributed by atoms with van der Waals surface area (Å²) in [5.74, 6) is -1.47. The lowest BCUT2D eigenvalue weighted by Gasteiger charge is -2.10. The summed E-state index contributed by atoms with van der Waals surface area (Å²) in [6.07, 6.45) is -5.29. The Morgan fingerprint density at radius 1 is 1.50 bits per heavy atom. The molecule has 0 atom stereocenters. The van der Waals surface area contributed by atoms with E-state index >= 15 is 0 Å². The molecule has 0 amide bonds. The van der Waals surface area contributed by atoms with Crippen LogP contribution in [0.3, 0.4) is 0 Å². The maximum Gasteiger partial charge on any atom is 0.573 e. The molecule has 1 heterocycles. The van der Waals surface area contributed by atoms with Crippen LogP contribution in [0.4, 0.5) is 18.9 Å². The first kappa shape index (κ1) is 14.0. The number of hydrogen-bond acceptors (Lipinski definition) is 5. The Labute approximate surface area is 100 Å². The minimum Gasteiger partial charge on any atom is -0.396 e. The Morgan fingerprint density at radius 3 is 2.44 bits per heavy atom.